The zero-order valence-electron chi connectivity index (χ0n) is 12.0. The van der Waals surface area contributed by atoms with Gasteiger partial charge in [-0.2, -0.15) is 0 Å². The van der Waals surface area contributed by atoms with Crippen LogP contribution in [0.4, 0.5) is 0 Å². The summed E-state index contributed by atoms with van der Waals surface area (Å²) in [6, 6.07) is 10.1. The number of hydrogen-bond donors (Lipinski definition) is 1. The van der Waals surface area contributed by atoms with Crippen LogP contribution in [-0.2, 0) is 16.0 Å². The number of benzene rings is 1. The molecule has 4 heteroatoms. The van der Waals surface area contributed by atoms with Crippen LogP contribution in [0.5, 0.6) is 0 Å². The molecule has 1 N–H and O–H groups in total. The highest BCUT2D eigenvalue weighted by molar-refractivity contribution is 5.83. The fourth-order valence-corrected chi connectivity index (χ4v) is 1.88. The molecular formula is C16H22N2O2. The third-order valence-corrected chi connectivity index (χ3v) is 2.96. The van der Waals surface area contributed by atoms with Gasteiger partial charge in [0.15, 0.2) is 0 Å². The molecule has 0 aromatic heterocycles. The molecule has 1 aromatic carbocycles. The molecule has 0 unspecified atom stereocenters. The maximum atomic E-state index is 11.6. The van der Waals surface area contributed by atoms with E-state index in [4.69, 9.17) is 0 Å². The molecule has 0 aliphatic heterocycles. The van der Waals surface area contributed by atoms with Crippen LogP contribution in [0.25, 0.3) is 0 Å². The van der Waals surface area contributed by atoms with E-state index in [-0.39, 0.29) is 18.4 Å². The Balaban J connectivity index is 2.37. The number of carbonyl (C=O) groups is 2. The summed E-state index contributed by atoms with van der Waals surface area (Å²) >= 11 is 0. The van der Waals surface area contributed by atoms with Crippen LogP contribution in [0.2, 0.25) is 0 Å². The highest BCUT2D eigenvalue weighted by atomic mass is 16.2. The van der Waals surface area contributed by atoms with Crippen molar-refractivity contribution in [1.82, 2.24) is 10.2 Å². The summed E-state index contributed by atoms with van der Waals surface area (Å²) in [5.41, 5.74) is 1.24. The van der Waals surface area contributed by atoms with Crippen LogP contribution >= 0.6 is 0 Å². The van der Waals surface area contributed by atoms with Crippen molar-refractivity contribution in [2.24, 2.45) is 0 Å². The molecule has 0 saturated carbocycles. The van der Waals surface area contributed by atoms with Crippen molar-refractivity contribution in [3.63, 3.8) is 0 Å². The molecule has 1 rings (SSSR count). The summed E-state index contributed by atoms with van der Waals surface area (Å²) in [5, 5.41) is 2.67. The molecule has 108 valence electrons. The van der Waals surface area contributed by atoms with Crippen LogP contribution in [0.1, 0.15) is 18.9 Å². The monoisotopic (exact) mass is 274 g/mol. The van der Waals surface area contributed by atoms with E-state index in [1.54, 1.807) is 11.0 Å². The Kier molecular flexibility index (Phi) is 7.11. The number of amides is 2. The van der Waals surface area contributed by atoms with Gasteiger partial charge in [0.05, 0.1) is 6.54 Å². The summed E-state index contributed by atoms with van der Waals surface area (Å²) in [4.78, 5) is 24.7. The second-order valence-corrected chi connectivity index (χ2v) is 4.62. The van der Waals surface area contributed by atoms with Gasteiger partial charge in [0.1, 0.15) is 0 Å². The van der Waals surface area contributed by atoms with Gasteiger partial charge in [-0.05, 0) is 18.4 Å². The third-order valence-electron chi connectivity index (χ3n) is 2.96. The van der Waals surface area contributed by atoms with E-state index in [9.17, 15) is 9.59 Å². The smallest absolute Gasteiger partial charge is 0.239 e. The molecule has 1 aromatic rings. The molecule has 0 fully saturated rings. The first-order valence-corrected chi connectivity index (χ1v) is 6.80. The zero-order valence-corrected chi connectivity index (χ0v) is 12.0. The number of nitrogens with zero attached hydrogens (tertiary/aromatic N) is 1. The number of carbonyl (C=O) groups excluding carboxylic acids is 2. The lowest BCUT2D eigenvalue weighted by molar-refractivity contribution is -0.134. The Morgan fingerprint density at radius 1 is 1.30 bits per heavy atom. The van der Waals surface area contributed by atoms with Crippen molar-refractivity contribution in [2.45, 2.75) is 19.8 Å². The molecule has 2 amide bonds. The van der Waals surface area contributed by atoms with Gasteiger partial charge in [0.2, 0.25) is 11.8 Å². The fraction of sp³-hybridized carbons (Fsp3) is 0.375. The molecule has 0 bridgehead atoms. The van der Waals surface area contributed by atoms with E-state index in [2.05, 4.69) is 24.0 Å². The van der Waals surface area contributed by atoms with Gasteiger partial charge in [-0.25, -0.2) is 0 Å². The Morgan fingerprint density at radius 2 is 2.00 bits per heavy atom. The summed E-state index contributed by atoms with van der Waals surface area (Å²) in [6.07, 6.45) is 3.36. The molecule has 20 heavy (non-hydrogen) atoms. The Bertz CT molecular complexity index is 443. The van der Waals surface area contributed by atoms with Crippen molar-refractivity contribution >= 4 is 11.8 Å². The summed E-state index contributed by atoms with van der Waals surface area (Å²) in [7, 11) is 0. The van der Waals surface area contributed by atoms with Gasteiger partial charge in [-0.3, -0.25) is 9.59 Å². The predicted molar refractivity (Wildman–Crippen MR) is 80.2 cm³/mol. The number of nitrogens with one attached hydrogen (secondary N) is 1. The van der Waals surface area contributed by atoms with Gasteiger partial charge in [-0.1, -0.05) is 36.4 Å². The lowest BCUT2D eigenvalue weighted by Gasteiger charge is -2.20. The lowest BCUT2D eigenvalue weighted by atomic mass is 10.1. The van der Waals surface area contributed by atoms with E-state index in [0.29, 0.717) is 13.1 Å². The second kappa shape index (κ2) is 8.91. The Morgan fingerprint density at radius 3 is 2.60 bits per heavy atom. The lowest BCUT2D eigenvalue weighted by Crippen LogP contribution is -2.40. The third kappa shape index (κ3) is 6.18. The highest BCUT2D eigenvalue weighted by Gasteiger charge is 2.12. The van der Waals surface area contributed by atoms with Gasteiger partial charge in [-0.15, -0.1) is 6.58 Å². The standard InChI is InChI=1S/C16H22N2O2/c1-3-11-17-16(20)13-18(14(2)19)12-7-10-15-8-5-4-6-9-15/h3-6,8-9H,1,7,10-13H2,2H3,(H,17,20). The van der Waals surface area contributed by atoms with Crippen LogP contribution < -0.4 is 5.32 Å². The Labute approximate surface area is 120 Å². The molecule has 0 aliphatic rings. The van der Waals surface area contributed by atoms with E-state index >= 15 is 0 Å². The van der Waals surface area contributed by atoms with Gasteiger partial charge < -0.3 is 10.2 Å². The van der Waals surface area contributed by atoms with Gasteiger partial charge in [0, 0.05) is 20.0 Å². The van der Waals surface area contributed by atoms with Gasteiger partial charge in [0.25, 0.3) is 0 Å². The van der Waals surface area contributed by atoms with E-state index < -0.39 is 0 Å². The maximum Gasteiger partial charge on any atom is 0.239 e. The first-order chi connectivity index (χ1) is 9.63. The molecule has 0 radical (unpaired) electrons. The van der Waals surface area contributed by atoms with E-state index in [1.165, 1.54) is 12.5 Å². The normalized spacial score (nSPS) is 9.85. The molecule has 0 atom stereocenters. The molecular weight excluding hydrogens is 252 g/mol. The molecule has 0 aliphatic carbocycles. The number of aryl methyl sites for hydroxylation is 1. The van der Waals surface area contributed by atoms with Crippen molar-refractivity contribution in [1.29, 1.82) is 0 Å². The fourth-order valence-electron chi connectivity index (χ4n) is 1.88. The SMILES string of the molecule is C=CCNC(=O)CN(CCCc1ccccc1)C(C)=O. The largest absolute Gasteiger partial charge is 0.351 e. The van der Waals surface area contributed by atoms with Gasteiger partial charge >= 0.3 is 0 Å². The van der Waals surface area contributed by atoms with E-state index in [0.717, 1.165) is 12.8 Å². The minimum absolute atomic E-state index is 0.0770. The first kappa shape index (κ1) is 16.0. The predicted octanol–water partition coefficient (Wildman–Crippen LogP) is 1.77. The summed E-state index contributed by atoms with van der Waals surface area (Å²) < 4.78 is 0. The average Bonchev–Trinajstić information content (AvgIpc) is 2.45. The van der Waals surface area contributed by atoms with Crippen LogP contribution in [0.15, 0.2) is 43.0 Å². The highest BCUT2D eigenvalue weighted by Crippen LogP contribution is 2.03. The number of rotatable bonds is 8. The summed E-state index contributed by atoms with van der Waals surface area (Å²) in [5.74, 6) is -0.230. The zero-order chi connectivity index (χ0) is 14.8. The quantitative estimate of drug-likeness (QED) is 0.734. The summed E-state index contributed by atoms with van der Waals surface area (Å²) in [6.45, 7) is 6.15. The van der Waals surface area contributed by atoms with Crippen LogP contribution in [-0.4, -0.2) is 36.3 Å². The molecule has 0 heterocycles. The second-order valence-electron chi connectivity index (χ2n) is 4.62. The van der Waals surface area contributed by atoms with Crippen molar-refractivity contribution in [3.8, 4) is 0 Å². The van der Waals surface area contributed by atoms with Crippen molar-refractivity contribution in [2.75, 3.05) is 19.6 Å². The molecule has 0 saturated heterocycles. The Hall–Kier alpha value is -2.10. The van der Waals surface area contributed by atoms with E-state index in [1.807, 2.05) is 18.2 Å². The molecule has 4 nitrogen and oxygen atoms in total. The number of hydrogen-bond acceptors (Lipinski definition) is 2. The van der Waals surface area contributed by atoms with Crippen molar-refractivity contribution in [3.05, 3.63) is 48.6 Å². The maximum absolute atomic E-state index is 11.6. The topological polar surface area (TPSA) is 49.4 Å². The van der Waals surface area contributed by atoms with Crippen LogP contribution in [0.3, 0.4) is 0 Å². The average molecular weight is 274 g/mol. The first-order valence-electron chi connectivity index (χ1n) is 6.80. The minimum Gasteiger partial charge on any atom is -0.351 e. The minimum atomic E-state index is -0.153. The van der Waals surface area contributed by atoms with Crippen LogP contribution in [0, 0.1) is 0 Å². The van der Waals surface area contributed by atoms with Crippen molar-refractivity contribution < 1.29 is 9.59 Å². The molecule has 0 spiro atoms.